The third-order valence-electron chi connectivity index (χ3n) is 2.92. The first-order chi connectivity index (χ1) is 11.3. The second-order valence-corrected chi connectivity index (χ2v) is 6.46. The summed E-state index contributed by atoms with van der Waals surface area (Å²) in [6, 6.07) is 20.5. The van der Waals surface area contributed by atoms with Crippen molar-refractivity contribution in [3.8, 4) is 11.1 Å². The van der Waals surface area contributed by atoms with E-state index < -0.39 is 11.7 Å². The molecule has 1 atom stereocenters. The molecule has 0 aliphatic heterocycles. The number of aliphatic hydroxyl groups excluding tert-OH is 1. The summed E-state index contributed by atoms with van der Waals surface area (Å²) < 4.78 is 4.95. The summed E-state index contributed by atoms with van der Waals surface area (Å²) in [4.78, 5) is 11.0. The van der Waals surface area contributed by atoms with Crippen LogP contribution in [0.25, 0.3) is 11.1 Å². The number of carbonyl (C=O) groups is 1. The van der Waals surface area contributed by atoms with Crippen LogP contribution in [-0.2, 0) is 4.74 Å². The lowest BCUT2D eigenvalue weighted by molar-refractivity contribution is 0.0489. The summed E-state index contributed by atoms with van der Waals surface area (Å²) in [7, 11) is 0. The smallest absolute Gasteiger partial charge is 0.407 e. The van der Waals surface area contributed by atoms with E-state index >= 15 is 0 Å². The zero-order valence-electron chi connectivity index (χ0n) is 14.8. The van der Waals surface area contributed by atoms with E-state index in [1.807, 2.05) is 12.1 Å². The third-order valence-corrected chi connectivity index (χ3v) is 2.92. The normalized spacial score (nSPS) is 11.7. The summed E-state index contributed by atoms with van der Waals surface area (Å²) in [6.07, 6.45) is -0.496. The van der Waals surface area contributed by atoms with Gasteiger partial charge in [-0.2, -0.15) is 0 Å². The van der Waals surface area contributed by atoms with Crippen molar-refractivity contribution in [3.05, 3.63) is 60.7 Å². The molecule has 24 heavy (non-hydrogen) atoms. The van der Waals surface area contributed by atoms with Gasteiger partial charge in [-0.15, -0.1) is 0 Å². The maximum atomic E-state index is 11.0. The van der Waals surface area contributed by atoms with Crippen LogP contribution in [0.5, 0.6) is 0 Å². The molecule has 0 radical (unpaired) electrons. The second kappa shape index (κ2) is 9.73. The van der Waals surface area contributed by atoms with E-state index in [4.69, 9.17) is 9.84 Å². The van der Waals surface area contributed by atoms with Gasteiger partial charge in [-0.25, -0.2) is 4.79 Å². The Bertz CT molecular complexity index is 554. The van der Waals surface area contributed by atoms with Crippen LogP contribution in [0.15, 0.2) is 60.7 Å². The van der Waals surface area contributed by atoms with Crippen LogP contribution < -0.4 is 5.32 Å². The van der Waals surface area contributed by atoms with Crippen molar-refractivity contribution in [2.75, 3.05) is 6.61 Å². The van der Waals surface area contributed by atoms with Crippen molar-refractivity contribution < 1.29 is 14.6 Å². The average Bonchev–Trinajstić information content (AvgIpc) is 2.55. The first-order valence-corrected chi connectivity index (χ1v) is 8.02. The van der Waals surface area contributed by atoms with Gasteiger partial charge in [-0.3, -0.25) is 0 Å². The lowest BCUT2D eigenvalue weighted by Gasteiger charge is -2.21. The van der Waals surface area contributed by atoms with Crippen LogP contribution in [0.3, 0.4) is 0 Å². The van der Waals surface area contributed by atoms with Gasteiger partial charge in [0.2, 0.25) is 0 Å². The Morgan fingerprint density at radius 2 is 1.42 bits per heavy atom. The highest BCUT2D eigenvalue weighted by Gasteiger charge is 2.16. The summed E-state index contributed by atoms with van der Waals surface area (Å²) in [5.74, 6) is 0. The van der Waals surface area contributed by atoms with Crippen LogP contribution in [0, 0.1) is 0 Å². The van der Waals surface area contributed by atoms with E-state index in [-0.39, 0.29) is 12.6 Å². The maximum absolute atomic E-state index is 11.0. The molecule has 0 saturated heterocycles. The highest BCUT2D eigenvalue weighted by atomic mass is 16.6. The Kier molecular flexibility index (Phi) is 7.99. The minimum atomic E-state index is -0.496. The predicted molar refractivity (Wildman–Crippen MR) is 97.8 cm³/mol. The number of hydrogen-bond acceptors (Lipinski definition) is 3. The first-order valence-electron chi connectivity index (χ1n) is 8.02. The number of benzene rings is 2. The van der Waals surface area contributed by atoms with Gasteiger partial charge in [0, 0.05) is 0 Å². The lowest BCUT2D eigenvalue weighted by atomic mass is 10.1. The van der Waals surface area contributed by atoms with Gasteiger partial charge in [0.25, 0.3) is 0 Å². The molecule has 0 fully saturated rings. The predicted octanol–water partition coefficient (Wildman–Crippen LogP) is 4.25. The van der Waals surface area contributed by atoms with E-state index in [0.29, 0.717) is 0 Å². The average molecular weight is 329 g/mol. The number of amides is 1. The highest BCUT2D eigenvalue weighted by molar-refractivity contribution is 5.68. The first kappa shape index (κ1) is 19.7. The molecule has 130 valence electrons. The lowest BCUT2D eigenvalue weighted by Crippen LogP contribution is -2.39. The van der Waals surface area contributed by atoms with Gasteiger partial charge in [-0.05, 0) is 38.8 Å². The molecule has 0 saturated carbocycles. The van der Waals surface area contributed by atoms with Crippen LogP contribution >= 0.6 is 0 Å². The molecule has 0 aliphatic rings. The molecule has 0 spiro atoms. The fourth-order valence-electron chi connectivity index (χ4n) is 1.82. The van der Waals surface area contributed by atoms with Gasteiger partial charge >= 0.3 is 6.09 Å². The Balaban J connectivity index is 0.000000240. The maximum Gasteiger partial charge on any atom is 0.407 e. The van der Waals surface area contributed by atoms with Crippen molar-refractivity contribution in [3.63, 3.8) is 0 Å². The molecule has 2 rings (SSSR count). The van der Waals surface area contributed by atoms with E-state index in [0.717, 1.165) is 0 Å². The zero-order valence-corrected chi connectivity index (χ0v) is 14.8. The fraction of sp³-hybridized carbons (Fsp3) is 0.350. The van der Waals surface area contributed by atoms with Gasteiger partial charge in [0.15, 0.2) is 0 Å². The number of nitrogens with one attached hydrogen (secondary N) is 1. The van der Waals surface area contributed by atoms with Crippen molar-refractivity contribution in [2.24, 2.45) is 0 Å². The number of hydrogen-bond donors (Lipinski definition) is 2. The van der Waals surface area contributed by atoms with Gasteiger partial charge < -0.3 is 15.2 Å². The van der Waals surface area contributed by atoms with Crippen LogP contribution in [0.4, 0.5) is 4.79 Å². The van der Waals surface area contributed by atoms with Crippen LogP contribution in [-0.4, -0.2) is 29.4 Å². The summed E-state index contributed by atoms with van der Waals surface area (Å²) >= 11 is 0. The molecule has 2 aromatic carbocycles. The molecule has 0 aromatic heterocycles. The molecule has 0 bridgehead atoms. The van der Waals surface area contributed by atoms with Crippen LogP contribution in [0.2, 0.25) is 0 Å². The third kappa shape index (κ3) is 8.34. The molecule has 0 unspecified atom stereocenters. The number of rotatable bonds is 3. The minimum absolute atomic E-state index is 0.0841. The molecule has 4 nitrogen and oxygen atoms in total. The number of aliphatic hydroxyl groups is 1. The van der Waals surface area contributed by atoms with Crippen molar-refractivity contribution in [1.29, 1.82) is 0 Å². The van der Waals surface area contributed by atoms with Crippen molar-refractivity contribution in [2.45, 2.75) is 39.3 Å². The molecule has 0 aliphatic carbocycles. The molecule has 4 heteroatoms. The number of ether oxygens (including phenoxy) is 1. The van der Waals surface area contributed by atoms with Crippen molar-refractivity contribution >= 4 is 6.09 Å². The van der Waals surface area contributed by atoms with Gasteiger partial charge in [-0.1, -0.05) is 60.7 Å². The Morgan fingerprint density at radius 3 is 1.75 bits per heavy atom. The summed E-state index contributed by atoms with van der Waals surface area (Å²) in [5, 5.41) is 11.1. The van der Waals surface area contributed by atoms with E-state index in [9.17, 15) is 4.79 Å². The Labute approximate surface area is 144 Å². The van der Waals surface area contributed by atoms with Gasteiger partial charge in [0.05, 0.1) is 12.6 Å². The molecule has 0 heterocycles. The molecule has 1 amide bonds. The van der Waals surface area contributed by atoms with E-state index in [1.54, 1.807) is 27.7 Å². The quantitative estimate of drug-likeness (QED) is 0.885. The van der Waals surface area contributed by atoms with E-state index in [1.165, 1.54) is 11.1 Å². The van der Waals surface area contributed by atoms with Crippen LogP contribution in [0.1, 0.15) is 27.7 Å². The highest BCUT2D eigenvalue weighted by Crippen LogP contribution is 2.17. The summed E-state index contributed by atoms with van der Waals surface area (Å²) in [6.45, 7) is 6.98. The topological polar surface area (TPSA) is 58.6 Å². The zero-order chi connectivity index (χ0) is 18.0. The molecular formula is C20H27NO3. The molecular weight excluding hydrogens is 302 g/mol. The summed E-state index contributed by atoms with van der Waals surface area (Å²) in [5.41, 5.74) is 2.07. The van der Waals surface area contributed by atoms with Crippen molar-refractivity contribution in [1.82, 2.24) is 5.32 Å². The van der Waals surface area contributed by atoms with E-state index in [2.05, 4.69) is 53.8 Å². The minimum Gasteiger partial charge on any atom is -0.444 e. The number of alkyl carbamates (subject to hydrolysis) is 1. The fourth-order valence-corrected chi connectivity index (χ4v) is 1.82. The monoisotopic (exact) mass is 329 g/mol. The molecule has 2 aromatic rings. The van der Waals surface area contributed by atoms with Gasteiger partial charge in [0.1, 0.15) is 5.60 Å². The Morgan fingerprint density at radius 1 is 1.00 bits per heavy atom. The largest absolute Gasteiger partial charge is 0.444 e. The second-order valence-electron chi connectivity index (χ2n) is 6.46. The Hall–Kier alpha value is -2.33. The SMILES string of the molecule is C[C@H](CO)NC(=O)OC(C)(C)C.c1ccc(-c2ccccc2)cc1. The number of carbonyl (C=O) groups excluding carboxylic acids is 1. The standard InChI is InChI=1S/C12H10.C8H17NO3/c1-3-7-11(8-4-1)12-9-5-2-6-10-12;1-6(5-10)9-7(11)12-8(2,3)4/h1-10H;6,10H,5H2,1-4H3,(H,9,11)/t;6-/m.1/s1. The molecule has 2 N–H and O–H groups in total.